The molecule has 5 aliphatic rings. The molecule has 0 spiro atoms. The Morgan fingerprint density at radius 1 is 0.935 bits per heavy atom. The normalized spacial score (nSPS) is 46.7. The minimum Gasteiger partial charge on any atom is -0.466 e. The molecule has 4 aliphatic carbocycles. The molecule has 4 saturated carbocycles. The van der Waals surface area contributed by atoms with Crippen molar-refractivity contribution in [2.24, 2.45) is 46.3 Å². The highest BCUT2D eigenvalue weighted by atomic mass is 16.7. The van der Waals surface area contributed by atoms with E-state index in [-0.39, 0.29) is 24.4 Å². The zero-order valence-electron chi connectivity index (χ0n) is 28.9. The van der Waals surface area contributed by atoms with Crippen LogP contribution < -0.4 is 0 Å². The standard InChI is InChI=1S/C36H60O10/c1-20(18-43-22(3)37)8-7-9-21(2)26-10-11-27-25-16-30(39)36(42)17-24(12-15-35(36,6)28(25)13-14-34(26,27)5)46-33-32(41)31(40)29(19-44-33)45-23(4)38/h20-21,24-33,39-42H,7-19H2,1-6H3/t20?,21-,24+,25+,26-,27+,28+,29-,30-,31-,32+,33+,34-,35-,36+/m1/s1. The summed E-state index contributed by atoms with van der Waals surface area (Å²) < 4.78 is 22.1. The predicted molar refractivity (Wildman–Crippen MR) is 169 cm³/mol. The van der Waals surface area contributed by atoms with Crippen molar-refractivity contribution < 1.29 is 49.0 Å². The van der Waals surface area contributed by atoms with Crippen molar-refractivity contribution in [3.63, 3.8) is 0 Å². The largest absolute Gasteiger partial charge is 0.466 e. The first-order valence-electron chi connectivity index (χ1n) is 17.9. The lowest BCUT2D eigenvalue weighted by molar-refractivity contribution is -0.311. The molecule has 10 heteroatoms. The lowest BCUT2D eigenvalue weighted by Crippen LogP contribution is -2.69. The molecular weight excluding hydrogens is 592 g/mol. The summed E-state index contributed by atoms with van der Waals surface area (Å²) in [5.41, 5.74) is -1.54. The maximum absolute atomic E-state index is 12.3. The van der Waals surface area contributed by atoms with E-state index in [1.165, 1.54) is 33.1 Å². The molecule has 0 aromatic heterocycles. The summed E-state index contributed by atoms with van der Waals surface area (Å²) >= 11 is 0. The molecule has 15 atom stereocenters. The fourth-order valence-corrected chi connectivity index (χ4v) is 11.1. The van der Waals surface area contributed by atoms with Gasteiger partial charge in [-0.2, -0.15) is 0 Å². The smallest absolute Gasteiger partial charge is 0.303 e. The first-order valence-corrected chi connectivity index (χ1v) is 17.9. The summed E-state index contributed by atoms with van der Waals surface area (Å²) in [6, 6.07) is 0. The Bertz CT molecular complexity index is 1090. The van der Waals surface area contributed by atoms with Gasteiger partial charge in [0.15, 0.2) is 12.4 Å². The molecule has 0 aromatic rings. The topological polar surface area (TPSA) is 152 Å². The lowest BCUT2D eigenvalue weighted by atomic mass is 9.42. The molecule has 5 rings (SSSR count). The second-order valence-corrected chi connectivity index (χ2v) is 16.3. The molecule has 0 radical (unpaired) electrons. The molecule has 10 nitrogen and oxygen atoms in total. The van der Waals surface area contributed by atoms with Crippen molar-refractivity contribution in [1.82, 2.24) is 0 Å². The summed E-state index contributed by atoms with van der Waals surface area (Å²) in [7, 11) is 0. The Labute approximate surface area is 274 Å². The van der Waals surface area contributed by atoms with E-state index in [0.717, 1.165) is 25.7 Å². The van der Waals surface area contributed by atoms with E-state index in [1.807, 2.05) is 0 Å². The van der Waals surface area contributed by atoms with Crippen LogP contribution in [0.5, 0.6) is 0 Å². The fraction of sp³-hybridized carbons (Fsp3) is 0.944. The monoisotopic (exact) mass is 652 g/mol. The molecule has 0 bridgehead atoms. The average molecular weight is 653 g/mol. The number of aliphatic hydroxyl groups is 4. The Kier molecular flexibility index (Phi) is 10.9. The number of fused-ring (bicyclic) bond motifs is 5. The summed E-state index contributed by atoms with van der Waals surface area (Å²) in [6.45, 7) is 12.3. The Morgan fingerprint density at radius 3 is 2.37 bits per heavy atom. The Hall–Kier alpha value is -1.30. The SMILES string of the molecule is CC(=O)OCC(C)CCC[C@@H](C)[C@H]1CC[C@H]2[C@@H]3C[C@@H](O)[C@@]4(O)C[C@@H](O[C@@H]5OC[C@@H](OC(C)=O)[C@@H](O)[C@@H]5O)CC[C@]4(C)[C@H]3CC[C@]12C. The van der Waals surface area contributed by atoms with Crippen molar-refractivity contribution in [2.45, 2.75) is 155 Å². The number of aliphatic hydroxyl groups excluding tert-OH is 3. The van der Waals surface area contributed by atoms with Crippen LogP contribution in [0.4, 0.5) is 0 Å². The Morgan fingerprint density at radius 2 is 1.67 bits per heavy atom. The van der Waals surface area contributed by atoms with Crippen molar-refractivity contribution in [3.05, 3.63) is 0 Å². The van der Waals surface area contributed by atoms with Gasteiger partial charge in [-0.25, -0.2) is 0 Å². The summed E-state index contributed by atoms with van der Waals surface area (Å²) in [5.74, 6) is 2.07. The minimum atomic E-state index is -1.40. The van der Waals surface area contributed by atoms with Gasteiger partial charge in [0, 0.05) is 25.7 Å². The molecule has 1 heterocycles. The van der Waals surface area contributed by atoms with E-state index in [2.05, 4.69) is 27.7 Å². The molecule has 5 fully saturated rings. The maximum Gasteiger partial charge on any atom is 0.303 e. The van der Waals surface area contributed by atoms with E-state index < -0.39 is 53.8 Å². The van der Waals surface area contributed by atoms with Gasteiger partial charge in [0.25, 0.3) is 0 Å². The van der Waals surface area contributed by atoms with E-state index in [0.29, 0.717) is 61.4 Å². The van der Waals surface area contributed by atoms with E-state index in [9.17, 15) is 30.0 Å². The third-order valence-electron chi connectivity index (χ3n) is 13.6. The number of hydrogen-bond donors (Lipinski definition) is 4. The molecule has 1 unspecified atom stereocenters. The highest BCUT2D eigenvalue weighted by Gasteiger charge is 2.67. The van der Waals surface area contributed by atoms with Crippen LogP contribution >= 0.6 is 0 Å². The van der Waals surface area contributed by atoms with Gasteiger partial charge in [0.05, 0.1) is 31.0 Å². The van der Waals surface area contributed by atoms with Crippen LogP contribution in [0.15, 0.2) is 0 Å². The van der Waals surface area contributed by atoms with Gasteiger partial charge in [-0.05, 0) is 92.3 Å². The molecule has 1 saturated heterocycles. The number of carbonyl (C=O) groups excluding carboxylic acids is 2. The molecule has 4 N–H and O–H groups in total. The summed E-state index contributed by atoms with van der Waals surface area (Å²) in [5, 5.41) is 45.2. The van der Waals surface area contributed by atoms with Crippen LogP contribution in [-0.4, -0.2) is 88.0 Å². The van der Waals surface area contributed by atoms with Crippen molar-refractivity contribution >= 4 is 11.9 Å². The third kappa shape index (κ3) is 6.65. The highest BCUT2D eigenvalue weighted by molar-refractivity contribution is 5.66. The van der Waals surface area contributed by atoms with Gasteiger partial charge in [-0.15, -0.1) is 0 Å². The molecule has 0 aromatic carbocycles. The lowest BCUT2D eigenvalue weighted by Gasteiger charge is -2.65. The third-order valence-corrected chi connectivity index (χ3v) is 13.6. The summed E-state index contributed by atoms with van der Waals surface area (Å²) in [4.78, 5) is 22.5. The second kappa shape index (κ2) is 13.9. The second-order valence-electron chi connectivity index (χ2n) is 16.3. The van der Waals surface area contributed by atoms with Crippen LogP contribution in [-0.2, 0) is 28.5 Å². The van der Waals surface area contributed by atoms with Crippen molar-refractivity contribution in [2.75, 3.05) is 13.2 Å². The van der Waals surface area contributed by atoms with Crippen LogP contribution in [0.2, 0.25) is 0 Å². The molecule has 1 aliphatic heterocycles. The molecule has 0 amide bonds. The first-order chi connectivity index (χ1) is 21.6. The summed E-state index contributed by atoms with van der Waals surface area (Å²) in [6.07, 6.45) is 3.97. The van der Waals surface area contributed by atoms with E-state index >= 15 is 0 Å². The minimum absolute atomic E-state index is 0.0987. The number of rotatable bonds is 10. The number of esters is 2. The number of ether oxygens (including phenoxy) is 4. The average Bonchev–Trinajstić information content (AvgIpc) is 3.34. The number of hydrogen-bond acceptors (Lipinski definition) is 10. The zero-order valence-corrected chi connectivity index (χ0v) is 28.9. The maximum atomic E-state index is 12.3. The van der Waals surface area contributed by atoms with Crippen molar-refractivity contribution in [1.29, 1.82) is 0 Å². The van der Waals surface area contributed by atoms with E-state index in [4.69, 9.17) is 18.9 Å². The first kappa shape index (κ1) is 36.0. The zero-order chi connectivity index (χ0) is 33.6. The quantitative estimate of drug-likeness (QED) is 0.200. The molecule has 264 valence electrons. The van der Waals surface area contributed by atoms with Gasteiger partial charge in [-0.3, -0.25) is 9.59 Å². The fourth-order valence-electron chi connectivity index (χ4n) is 11.1. The highest BCUT2D eigenvalue weighted by Crippen LogP contribution is 2.69. The van der Waals surface area contributed by atoms with E-state index in [1.54, 1.807) is 0 Å². The van der Waals surface area contributed by atoms with Gasteiger partial charge < -0.3 is 39.4 Å². The van der Waals surface area contributed by atoms with Crippen LogP contribution in [0.25, 0.3) is 0 Å². The molecule has 46 heavy (non-hydrogen) atoms. The van der Waals surface area contributed by atoms with Crippen LogP contribution in [0.1, 0.15) is 112 Å². The van der Waals surface area contributed by atoms with Gasteiger partial charge in [0.1, 0.15) is 12.2 Å². The van der Waals surface area contributed by atoms with Crippen LogP contribution in [0.3, 0.4) is 0 Å². The Balaban J connectivity index is 1.20. The predicted octanol–water partition coefficient (Wildman–Crippen LogP) is 4.13. The number of carbonyl (C=O) groups is 2. The molecular formula is C36H60O10. The van der Waals surface area contributed by atoms with Gasteiger partial charge in [-0.1, -0.05) is 40.5 Å². The van der Waals surface area contributed by atoms with Gasteiger partial charge >= 0.3 is 11.9 Å². The van der Waals surface area contributed by atoms with Crippen molar-refractivity contribution in [3.8, 4) is 0 Å². The van der Waals surface area contributed by atoms with Gasteiger partial charge in [0.2, 0.25) is 0 Å². The van der Waals surface area contributed by atoms with Crippen LogP contribution in [0, 0.1) is 46.3 Å².